The van der Waals surface area contributed by atoms with Gasteiger partial charge in [-0.05, 0) is 122 Å². The summed E-state index contributed by atoms with van der Waals surface area (Å²) in [7, 11) is 0. The van der Waals surface area contributed by atoms with Crippen molar-refractivity contribution in [3.8, 4) is 5.69 Å². The van der Waals surface area contributed by atoms with Crippen molar-refractivity contribution in [2.24, 2.45) is 0 Å². The fourth-order valence-electron chi connectivity index (χ4n) is 9.43. The van der Waals surface area contributed by atoms with Gasteiger partial charge in [0.05, 0.1) is 27.5 Å². The molecule has 0 saturated carbocycles. The van der Waals surface area contributed by atoms with Crippen molar-refractivity contribution in [2.75, 3.05) is 0 Å². The molecule has 0 bridgehead atoms. The van der Waals surface area contributed by atoms with Crippen LogP contribution in [0.25, 0.3) is 55.0 Å². The maximum absolute atomic E-state index is 4.39. The molecule has 272 valence electrons. The molecule has 9 aromatic rings. The Balaban J connectivity index is 1.35. The molecule has 2 heteroatoms. The molecule has 0 unspecified atom stereocenters. The minimum absolute atomic E-state index is 0.635. The molecule has 9 rings (SSSR count). The number of benzene rings is 7. The van der Waals surface area contributed by atoms with Gasteiger partial charge in [0.25, 0.3) is 0 Å². The van der Waals surface area contributed by atoms with Crippen molar-refractivity contribution in [1.29, 1.82) is 0 Å². The number of hydrogen-bond donors (Lipinski definition) is 0. The van der Waals surface area contributed by atoms with Crippen molar-refractivity contribution in [3.05, 3.63) is 227 Å². The molecule has 0 amide bonds. The predicted molar refractivity (Wildman–Crippen MR) is 240 cm³/mol. The fraction of sp³-hybridized carbons (Fsp3) is 0.111. The Labute approximate surface area is 330 Å². The van der Waals surface area contributed by atoms with E-state index in [1.165, 1.54) is 82.6 Å². The number of aryl methyl sites for hydroxylation is 3. The minimum Gasteiger partial charge on any atom is -0.313 e. The van der Waals surface area contributed by atoms with Crippen LogP contribution in [0.5, 0.6) is 0 Å². The van der Waals surface area contributed by atoms with E-state index in [4.69, 9.17) is 0 Å². The minimum atomic E-state index is -0.635. The van der Waals surface area contributed by atoms with E-state index in [2.05, 4.69) is 220 Å². The lowest BCUT2D eigenvalue weighted by Crippen LogP contribution is -2.35. The van der Waals surface area contributed by atoms with Crippen LogP contribution in [-0.4, -0.2) is 9.13 Å². The van der Waals surface area contributed by atoms with Crippen LogP contribution in [0.1, 0.15) is 47.2 Å². The predicted octanol–water partition coefficient (Wildman–Crippen LogP) is 14.2. The Bertz CT molecular complexity index is 2890. The zero-order chi connectivity index (χ0) is 38.6. The molecular formula is C54H46N2. The number of rotatable bonds is 8. The van der Waals surface area contributed by atoms with Gasteiger partial charge in [0.2, 0.25) is 0 Å². The first-order chi connectivity index (χ1) is 27.3. The van der Waals surface area contributed by atoms with Gasteiger partial charge in [-0.25, -0.2) is 0 Å². The third kappa shape index (κ3) is 5.32. The van der Waals surface area contributed by atoms with Gasteiger partial charge >= 0.3 is 0 Å². The van der Waals surface area contributed by atoms with Crippen LogP contribution >= 0.6 is 0 Å². The second-order valence-corrected chi connectivity index (χ2v) is 15.2. The normalized spacial score (nSPS) is 12.8. The summed E-state index contributed by atoms with van der Waals surface area (Å²) >= 11 is 0. The molecule has 0 aliphatic heterocycles. The molecular weight excluding hydrogens is 677 g/mol. The Morgan fingerprint density at radius 2 is 0.893 bits per heavy atom. The zero-order valence-corrected chi connectivity index (χ0v) is 32.8. The number of para-hydroxylation sites is 3. The maximum atomic E-state index is 4.39. The summed E-state index contributed by atoms with van der Waals surface area (Å²) < 4.78 is 4.86. The lowest BCUT2D eigenvalue weighted by atomic mass is 9.60. The lowest BCUT2D eigenvalue weighted by molar-refractivity contribution is 0.718. The number of aromatic nitrogens is 2. The molecule has 0 fully saturated rings. The molecule has 2 heterocycles. The highest BCUT2D eigenvalue weighted by atomic mass is 15.0. The fourth-order valence-corrected chi connectivity index (χ4v) is 9.43. The summed E-state index contributed by atoms with van der Waals surface area (Å²) in [5, 5.41) is 4.98. The van der Waals surface area contributed by atoms with Gasteiger partial charge in [0.15, 0.2) is 0 Å². The molecule has 7 aromatic carbocycles. The third-order valence-electron chi connectivity index (χ3n) is 12.0. The smallest absolute Gasteiger partial charge is 0.0712 e. The van der Waals surface area contributed by atoms with Crippen molar-refractivity contribution in [3.63, 3.8) is 0 Å². The molecule has 0 N–H and O–H groups in total. The quantitative estimate of drug-likeness (QED) is 0.109. The van der Waals surface area contributed by atoms with E-state index in [1.807, 2.05) is 6.08 Å². The SMILES string of the molecule is C=C/C(C)=C(\C=C(/C)n1c2ccccc2c2cc(-n3c4ccccc4c4ccccc43)ccc21)C(c1ccccc1C)(c1ccccc1C)c1ccccc1C. The van der Waals surface area contributed by atoms with E-state index in [9.17, 15) is 0 Å². The summed E-state index contributed by atoms with van der Waals surface area (Å²) in [5.41, 5.74) is 16.3. The molecule has 0 atom stereocenters. The van der Waals surface area contributed by atoms with E-state index < -0.39 is 5.41 Å². The summed E-state index contributed by atoms with van der Waals surface area (Å²) in [6.07, 6.45) is 4.47. The Morgan fingerprint density at radius 1 is 0.482 bits per heavy atom. The third-order valence-corrected chi connectivity index (χ3v) is 12.0. The highest BCUT2D eigenvalue weighted by molar-refractivity contribution is 6.12. The molecule has 2 aromatic heterocycles. The first kappa shape index (κ1) is 35.1. The second-order valence-electron chi connectivity index (χ2n) is 15.2. The van der Waals surface area contributed by atoms with Gasteiger partial charge < -0.3 is 9.13 Å². The topological polar surface area (TPSA) is 9.86 Å². The largest absolute Gasteiger partial charge is 0.313 e. The zero-order valence-electron chi connectivity index (χ0n) is 32.8. The molecule has 0 saturated heterocycles. The summed E-state index contributed by atoms with van der Waals surface area (Å²) in [5.74, 6) is 0. The van der Waals surface area contributed by atoms with Gasteiger partial charge in [0, 0.05) is 32.9 Å². The second kappa shape index (κ2) is 13.9. The standard InChI is InChI=1S/C54H46N2/c1-7-36(2)49(54(46-26-14-8-20-37(46)3,47-27-15-9-21-38(47)4)48-28-16-10-22-39(48)5)34-40(6)55-50-29-17-13-25-44(50)45-35-41(32-33-53(45)55)56-51-30-18-11-23-42(51)43-24-12-19-31-52(43)56/h7-35H,1H2,2-6H3/b40-34+,49-36+. The summed E-state index contributed by atoms with van der Waals surface area (Å²) in [6, 6.07) is 60.0. The van der Waals surface area contributed by atoms with Crippen LogP contribution in [-0.2, 0) is 5.41 Å². The van der Waals surface area contributed by atoms with E-state index in [0.717, 1.165) is 17.0 Å². The van der Waals surface area contributed by atoms with E-state index in [1.54, 1.807) is 0 Å². The number of hydrogen-bond acceptors (Lipinski definition) is 0. The Kier molecular flexibility index (Phi) is 8.70. The molecule has 0 aliphatic carbocycles. The van der Waals surface area contributed by atoms with Crippen LogP contribution in [0.15, 0.2) is 194 Å². The highest BCUT2D eigenvalue weighted by Crippen LogP contribution is 2.51. The molecule has 0 spiro atoms. The average Bonchev–Trinajstić information content (AvgIpc) is 3.74. The maximum Gasteiger partial charge on any atom is 0.0712 e. The van der Waals surface area contributed by atoms with Crippen molar-refractivity contribution in [1.82, 2.24) is 9.13 Å². The number of allylic oxidation sites excluding steroid dienone is 5. The van der Waals surface area contributed by atoms with Gasteiger partial charge in [-0.2, -0.15) is 0 Å². The van der Waals surface area contributed by atoms with E-state index in [0.29, 0.717) is 0 Å². The van der Waals surface area contributed by atoms with Crippen LogP contribution in [0.4, 0.5) is 0 Å². The van der Waals surface area contributed by atoms with Crippen molar-refractivity contribution in [2.45, 2.75) is 40.0 Å². The lowest BCUT2D eigenvalue weighted by Gasteiger charge is -2.41. The van der Waals surface area contributed by atoms with Gasteiger partial charge in [-0.3, -0.25) is 0 Å². The Morgan fingerprint density at radius 3 is 1.38 bits per heavy atom. The summed E-state index contributed by atoms with van der Waals surface area (Å²) in [6.45, 7) is 15.6. The van der Waals surface area contributed by atoms with Gasteiger partial charge in [-0.1, -0.05) is 140 Å². The number of fused-ring (bicyclic) bond motifs is 6. The molecule has 56 heavy (non-hydrogen) atoms. The van der Waals surface area contributed by atoms with Crippen molar-refractivity contribution >= 4 is 49.3 Å². The van der Waals surface area contributed by atoms with Crippen LogP contribution in [0.2, 0.25) is 0 Å². The van der Waals surface area contributed by atoms with Crippen LogP contribution < -0.4 is 0 Å². The van der Waals surface area contributed by atoms with Gasteiger partial charge in [-0.15, -0.1) is 0 Å². The van der Waals surface area contributed by atoms with Gasteiger partial charge in [0.1, 0.15) is 0 Å². The number of nitrogens with zero attached hydrogens (tertiary/aromatic N) is 2. The molecule has 0 radical (unpaired) electrons. The molecule has 2 nitrogen and oxygen atoms in total. The highest BCUT2D eigenvalue weighted by Gasteiger charge is 2.43. The van der Waals surface area contributed by atoms with Crippen LogP contribution in [0.3, 0.4) is 0 Å². The molecule has 0 aliphatic rings. The Hall–Kier alpha value is -6.64. The summed E-state index contributed by atoms with van der Waals surface area (Å²) in [4.78, 5) is 0. The van der Waals surface area contributed by atoms with E-state index in [-0.39, 0.29) is 0 Å². The first-order valence-electron chi connectivity index (χ1n) is 19.6. The average molecular weight is 723 g/mol. The first-order valence-corrected chi connectivity index (χ1v) is 19.6. The monoisotopic (exact) mass is 722 g/mol. The van der Waals surface area contributed by atoms with Crippen molar-refractivity contribution < 1.29 is 0 Å². The van der Waals surface area contributed by atoms with E-state index >= 15 is 0 Å². The van der Waals surface area contributed by atoms with Crippen LogP contribution in [0, 0.1) is 20.8 Å².